The number of nitrogens with two attached hydrogens (primary N) is 1. The van der Waals surface area contributed by atoms with Gasteiger partial charge in [-0.15, -0.1) is 0 Å². The van der Waals surface area contributed by atoms with E-state index in [1.54, 1.807) is 0 Å². The molecule has 3 nitrogen and oxygen atoms in total. The van der Waals surface area contributed by atoms with E-state index in [-0.39, 0.29) is 12.1 Å². The highest BCUT2D eigenvalue weighted by atomic mass is 19.4. The molecule has 0 bridgehead atoms. The maximum atomic E-state index is 12.6. The van der Waals surface area contributed by atoms with Crippen LogP contribution in [0.4, 0.5) is 17.6 Å². The highest BCUT2D eigenvalue weighted by Crippen LogP contribution is 2.34. The number of halogens is 4. The van der Waals surface area contributed by atoms with Gasteiger partial charge in [0.05, 0.1) is 23.1 Å². The zero-order valence-corrected chi connectivity index (χ0v) is 8.61. The van der Waals surface area contributed by atoms with Crippen LogP contribution < -0.4 is 5.73 Å². The summed E-state index contributed by atoms with van der Waals surface area (Å²) in [6.45, 7) is -1.09. The van der Waals surface area contributed by atoms with Crippen LogP contribution in [0.3, 0.4) is 0 Å². The monoisotopic (exact) mass is 247 g/mol. The van der Waals surface area contributed by atoms with Gasteiger partial charge in [-0.2, -0.15) is 13.2 Å². The molecular weight excluding hydrogens is 238 g/mol. The van der Waals surface area contributed by atoms with E-state index in [0.717, 1.165) is 12.1 Å². The fourth-order valence-electron chi connectivity index (χ4n) is 1.63. The summed E-state index contributed by atoms with van der Waals surface area (Å²) < 4.78 is 50.4. The van der Waals surface area contributed by atoms with E-state index in [1.165, 1.54) is 0 Å². The van der Waals surface area contributed by atoms with Crippen LogP contribution in [-0.4, -0.2) is 9.97 Å². The first kappa shape index (κ1) is 11.8. The molecule has 1 heterocycles. The van der Waals surface area contributed by atoms with Crippen molar-refractivity contribution in [1.82, 2.24) is 9.97 Å². The molecule has 92 valence electrons. The molecule has 2 rings (SSSR count). The standard InChI is InChI=1S/C10H9F4N3/c11-3-5-1-7-8(17-9(4-15)16-7)2-6(5)10(12,13)14/h1-2H,3-4,15H2,(H,16,17). The molecule has 0 fully saturated rings. The molecule has 1 aromatic carbocycles. The molecule has 0 unspecified atom stereocenters. The van der Waals surface area contributed by atoms with Gasteiger partial charge in [0.2, 0.25) is 0 Å². The van der Waals surface area contributed by atoms with Gasteiger partial charge in [-0.25, -0.2) is 9.37 Å². The molecular formula is C10H9F4N3. The second-order valence-corrected chi connectivity index (χ2v) is 3.55. The lowest BCUT2D eigenvalue weighted by Gasteiger charge is -2.10. The van der Waals surface area contributed by atoms with Gasteiger partial charge in [-0.3, -0.25) is 0 Å². The first-order valence-corrected chi connectivity index (χ1v) is 4.80. The number of nitrogens with zero attached hydrogens (tertiary/aromatic N) is 1. The average molecular weight is 247 g/mol. The summed E-state index contributed by atoms with van der Waals surface area (Å²) in [5, 5.41) is 0. The van der Waals surface area contributed by atoms with E-state index in [9.17, 15) is 17.6 Å². The van der Waals surface area contributed by atoms with Crippen LogP contribution in [0.25, 0.3) is 11.0 Å². The second kappa shape index (κ2) is 3.99. The summed E-state index contributed by atoms with van der Waals surface area (Å²) in [7, 11) is 0. The number of benzene rings is 1. The molecule has 7 heteroatoms. The number of fused-ring (bicyclic) bond motifs is 1. The Bertz CT molecular complexity index is 544. The Hall–Kier alpha value is -1.63. The van der Waals surface area contributed by atoms with Crippen molar-refractivity contribution < 1.29 is 17.6 Å². The number of hydrogen-bond acceptors (Lipinski definition) is 2. The van der Waals surface area contributed by atoms with Crippen molar-refractivity contribution in [2.24, 2.45) is 5.73 Å². The first-order chi connectivity index (χ1) is 7.95. The predicted molar refractivity (Wildman–Crippen MR) is 53.8 cm³/mol. The van der Waals surface area contributed by atoms with Gasteiger partial charge in [-0.05, 0) is 17.7 Å². The summed E-state index contributed by atoms with van der Waals surface area (Å²) in [5.74, 6) is 0.365. The number of alkyl halides is 4. The van der Waals surface area contributed by atoms with Crippen molar-refractivity contribution in [3.8, 4) is 0 Å². The van der Waals surface area contributed by atoms with Crippen LogP contribution in [0.1, 0.15) is 17.0 Å². The van der Waals surface area contributed by atoms with E-state index < -0.39 is 24.0 Å². The van der Waals surface area contributed by atoms with Gasteiger partial charge in [0.1, 0.15) is 12.5 Å². The molecule has 2 aromatic rings. The fourth-order valence-corrected chi connectivity index (χ4v) is 1.63. The van der Waals surface area contributed by atoms with E-state index in [4.69, 9.17) is 5.73 Å². The summed E-state index contributed by atoms with van der Waals surface area (Å²) in [6, 6.07) is 1.95. The van der Waals surface area contributed by atoms with Crippen molar-refractivity contribution >= 4 is 11.0 Å². The second-order valence-electron chi connectivity index (χ2n) is 3.55. The van der Waals surface area contributed by atoms with Crippen molar-refractivity contribution in [3.05, 3.63) is 29.1 Å². The quantitative estimate of drug-likeness (QED) is 0.801. The predicted octanol–water partition coefficient (Wildman–Crippen LogP) is 2.51. The Balaban J connectivity index is 2.67. The Labute approximate surface area is 93.6 Å². The fraction of sp³-hybridized carbons (Fsp3) is 0.300. The van der Waals surface area contributed by atoms with Gasteiger partial charge in [0, 0.05) is 0 Å². The highest BCUT2D eigenvalue weighted by molar-refractivity contribution is 5.77. The molecule has 17 heavy (non-hydrogen) atoms. The minimum Gasteiger partial charge on any atom is -0.341 e. The highest BCUT2D eigenvalue weighted by Gasteiger charge is 2.34. The Morgan fingerprint density at radius 1 is 1.29 bits per heavy atom. The average Bonchev–Trinajstić information content (AvgIpc) is 2.67. The van der Waals surface area contributed by atoms with Crippen LogP contribution in [0, 0.1) is 0 Å². The molecule has 1 aromatic heterocycles. The molecule has 0 aliphatic carbocycles. The number of H-pyrrole nitrogens is 1. The van der Waals surface area contributed by atoms with Gasteiger partial charge in [-0.1, -0.05) is 0 Å². The number of nitrogens with one attached hydrogen (secondary N) is 1. The topological polar surface area (TPSA) is 54.7 Å². The van der Waals surface area contributed by atoms with Crippen LogP contribution in [-0.2, 0) is 19.4 Å². The maximum absolute atomic E-state index is 12.6. The molecule has 0 saturated heterocycles. The zero-order chi connectivity index (χ0) is 12.6. The molecule has 0 aliphatic rings. The third-order valence-electron chi connectivity index (χ3n) is 2.40. The minimum atomic E-state index is -4.59. The smallest absolute Gasteiger partial charge is 0.341 e. The summed E-state index contributed by atoms with van der Waals surface area (Å²) in [4.78, 5) is 6.61. The lowest BCUT2D eigenvalue weighted by atomic mass is 10.1. The van der Waals surface area contributed by atoms with Crippen LogP contribution in [0.15, 0.2) is 12.1 Å². The molecule has 0 amide bonds. The minimum absolute atomic E-state index is 0.0843. The molecule has 0 atom stereocenters. The van der Waals surface area contributed by atoms with Gasteiger partial charge >= 0.3 is 6.18 Å². The summed E-state index contributed by atoms with van der Waals surface area (Å²) >= 11 is 0. The summed E-state index contributed by atoms with van der Waals surface area (Å²) in [6.07, 6.45) is -4.59. The Kier molecular flexibility index (Phi) is 2.78. The normalized spacial score (nSPS) is 12.3. The zero-order valence-electron chi connectivity index (χ0n) is 8.61. The van der Waals surface area contributed by atoms with Gasteiger partial charge < -0.3 is 10.7 Å². The number of aromatic nitrogens is 2. The van der Waals surface area contributed by atoms with Crippen LogP contribution >= 0.6 is 0 Å². The number of aromatic amines is 1. The van der Waals surface area contributed by atoms with Crippen molar-refractivity contribution in [3.63, 3.8) is 0 Å². The lowest BCUT2D eigenvalue weighted by molar-refractivity contribution is -0.138. The third kappa shape index (κ3) is 2.10. The van der Waals surface area contributed by atoms with E-state index in [2.05, 4.69) is 9.97 Å². The Morgan fingerprint density at radius 2 is 2.00 bits per heavy atom. The van der Waals surface area contributed by atoms with E-state index in [1.807, 2.05) is 0 Å². The van der Waals surface area contributed by atoms with Crippen molar-refractivity contribution in [2.75, 3.05) is 0 Å². The molecule has 0 saturated carbocycles. The SMILES string of the molecule is NCc1nc2cc(C(F)(F)F)c(CF)cc2[nH]1. The summed E-state index contributed by atoms with van der Waals surface area (Å²) in [5.41, 5.74) is 4.40. The lowest BCUT2D eigenvalue weighted by Crippen LogP contribution is -2.08. The molecule has 0 radical (unpaired) electrons. The number of hydrogen-bond donors (Lipinski definition) is 2. The first-order valence-electron chi connectivity index (χ1n) is 4.80. The van der Waals surface area contributed by atoms with Crippen molar-refractivity contribution in [1.29, 1.82) is 0 Å². The Morgan fingerprint density at radius 3 is 2.53 bits per heavy atom. The number of rotatable bonds is 2. The molecule has 0 aliphatic heterocycles. The van der Waals surface area contributed by atoms with Gasteiger partial charge in [0.25, 0.3) is 0 Å². The molecule has 3 N–H and O–H groups in total. The van der Waals surface area contributed by atoms with E-state index in [0.29, 0.717) is 11.3 Å². The van der Waals surface area contributed by atoms with Crippen LogP contribution in [0.5, 0.6) is 0 Å². The van der Waals surface area contributed by atoms with Crippen LogP contribution in [0.2, 0.25) is 0 Å². The largest absolute Gasteiger partial charge is 0.416 e. The molecule has 0 spiro atoms. The maximum Gasteiger partial charge on any atom is 0.416 e. The van der Waals surface area contributed by atoms with Gasteiger partial charge in [0.15, 0.2) is 0 Å². The third-order valence-corrected chi connectivity index (χ3v) is 2.40. The van der Waals surface area contributed by atoms with E-state index >= 15 is 0 Å². The van der Waals surface area contributed by atoms with Crippen molar-refractivity contribution in [2.45, 2.75) is 19.4 Å². The number of imidazole rings is 1.